The number of rotatable bonds is 4. The summed E-state index contributed by atoms with van der Waals surface area (Å²) in [5.74, 6) is 3.32. The Morgan fingerprint density at radius 3 is 2.54 bits per heavy atom. The molecule has 1 fully saturated rings. The summed E-state index contributed by atoms with van der Waals surface area (Å²) in [7, 11) is 0. The van der Waals surface area contributed by atoms with E-state index in [-0.39, 0.29) is 0 Å². The van der Waals surface area contributed by atoms with Gasteiger partial charge >= 0.3 is 0 Å². The highest BCUT2D eigenvalue weighted by atomic mass is 16.5. The SMILES string of the molecule is Cc1onc(-c2ccccc2)c1-c1nnc(C[NH+]2C[C@H](C)C[C@H](C)C2)o1. The molecule has 3 atom stereocenters. The molecule has 1 N–H and O–H groups in total. The third-order valence-corrected chi connectivity index (χ3v) is 5.07. The van der Waals surface area contributed by atoms with Crippen LogP contribution < -0.4 is 4.90 Å². The topological polar surface area (TPSA) is 69.4 Å². The fraction of sp³-hybridized carbons (Fsp3) is 0.450. The Kier molecular flexibility index (Phi) is 4.59. The van der Waals surface area contributed by atoms with Crippen LogP contribution in [0, 0.1) is 18.8 Å². The van der Waals surface area contributed by atoms with Gasteiger partial charge in [0.2, 0.25) is 0 Å². The molecule has 0 amide bonds. The van der Waals surface area contributed by atoms with Crippen LogP contribution in [0.1, 0.15) is 31.9 Å². The monoisotopic (exact) mass is 353 g/mol. The Morgan fingerprint density at radius 2 is 1.81 bits per heavy atom. The molecule has 6 heteroatoms. The van der Waals surface area contributed by atoms with Gasteiger partial charge in [0.1, 0.15) is 17.0 Å². The van der Waals surface area contributed by atoms with Crippen molar-refractivity contribution in [3.63, 3.8) is 0 Å². The normalized spacial score (nSPS) is 23.3. The van der Waals surface area contributed by atoms with Crippen molar-refractivity contribution in [2.45, 2.75) is 33.7 Å². The van der Waals surface area contributed by atoms with Crippen molar-refractivity contribution in [3.8, 4) is 22.7 Å². The van der Waals surface area contributed by atoms with Crippen molar-refractivity contribution in [1.82, 2.24) is 15.4 Å². The van der Waals surface area contributed by atoms with Crippen molar-refractivity contribution in [2.75, 3.05) is 13.1 Å². The highest BCUT2D eigenvalue weighted by Crippen LogP contribution is 2.33. The summed E-state index contributed by atoms with van der Waals surface area (Å²) >= 11 is 0. The second-order valence-electron chi connectivity index (χ2n) is 7.61. The van der Waals surface area contributed by atoms with Crippen molar-refractivity contribution in [1.29, 1.82) is 0 Å². The van der Waals surface area contributed by atoms with Crippen LogP contribution in [0.2, 0.25) is 0 Å². The Hall–Kier alpha value is -2.47. The smallest absolute Gasteiger partial charge is 0.271 e. The fourth-order valence-electron chi connectivity index (χ4n) is 4.12. The molecule has 26 heavy (non-hydrogen) atoms. The molecule has 0 spiro atoms. The van der Waals surface area contributed by atoms with Gasteiger partial charge in [-0.2, -0.15) is 0 Å². The Balaban J connectivity index is 1.58. The van der Waals surface area contributed by atoms with Gasteiger partial charge in [-0.05, 0) is 13.3 Å². The lowest BCUT2D eigenvalue weighted by Crippen LogP contribution is -3.13. The number of nitrogens with one attached hydrogen (secondary N) is 1. The summed E-state index contributed by atoms with van der Waals surface area (Å²) in [6.07, 6.45) is 1.30. The van der Waals surface area contributed by atoms with Gasteiger partial charge in [-0.25, -0.2) is 0 Å². The van der Waals surface area contributed by atoms with E-state index in [1.807, 2.05) is 37.3 Å². The predicted molar refractivity (Wildman–Crippen MR) is 97.3 cm³/mol. The quantitative estimate of drug-likeness (QED) is 0.781. The first-order chi connectivity index (χ1) is 12.6. The zero-order valence-electron chi connectivity index (χ0n) is 15.5. The minimum absolute atomic E-state index is 0.482. The second-order valence-corrected chi connectivity index (χ2v) is 7.61. The van der Waals surface area contributed by atoms with Crippen LogP contribution in [0.5, 0.6) is 0 Å². The third-order valence-electron chi connectivity index (χ3n) is 5.07. The summed E-state index contributed by atoms with van der Waals surface area (Å²) in [6.45, 7) is 9.60. The van der Waals surface area contributed by atoms with Gasteiger partial charge in [0.25, 0.3) is 11.8 Å². The number of aromatic nitrogens is 3. The van der Waals surface area contributed by atoms with Crippen LogP contribution in [0.4, 0.5) is 0 Å². The fourth-order valence-corrected chi connectivity index (χ4v) is 4.12. The highest BCUT2D eigenvalue weighted by molar-refractivity contribution is 5.77. The molecule has 3 heterocycles. The zero-order valence-corrected chi connectivity index (χ0v) is 15.5. The molecule has 1 aliphatic rings. The molecule has 1 aromatic carbocycles. The van der Waals surface area contributed by atoms with Crippen LogP contribution in [0.3, 0.4) is 0 Å². The first-order valence-electron chi connectivity index (χ1n) is 9.28. The maximum atomic E-state index is 6.00. The maximum Gasteiger partial charge on any atom is 0.271 e. The van der Waals surface area contributed by atoms with Crippen LogP contribution in [-0.4, -0.2) is 28.4 Å². The molecule has 1 aliphatic heterocycles. The van der Waals surface area contributed by atoms with Gasteiger partial charge in [-0.1, -0.05) is 49.3 Å². The molecule has 3 aromatic rings. The number of hydrogen-bond donors (Lipinski definition) is 1. The molecule has 0 radical (unpaired) electrons. The van der Waals surface area contributed by atoms with Gasteiger partial charge in [0.05, 0.1) is 13.1 Å². The number of nitrogens with zero attached hydrogens (tertiary/aromatic N) is 3. The second kappa shape index (κ2) is 7.03. The van der Waals surface area contributed by atoms with Crippen molar-refractivity contribution in [2.24, 2.45) is 11.8 Å². The van der Waals surface area contributed by atoms with Gasteiger partial charge < -0.3 is 13.8 Å². The van der Waals surface area contributed by atoms with E-state index in [1.54, 1.807) is 0 Å². The molecule has 136 valence electrons. The van der Waals surface area contributed by atoms with Gasteiger partial charge in [0.15, 0.2) is 6.54 Å². The van der Waals surface area contributed by atoms with E-state index in [0.29, 0.717) is 17.5 Å². The summed E-state index contributed by atoms with van der Waals surface area (Å²) < 4.78 is 11.4. The number of benzene rings is 1. The largest absolute Gasteiger partial charge is 0.415 e. The van der Waals surface area contributed by atoms with Crippen LogP contribution in [0.15, 0.2) is 39.3 Å². The zero-order chi connectivity index (χ0) is 18.1. The number of aryl methyl sites for hydroxylation is 1. The van der Waals surface area contributed by atoms with E-state index < -0.39 is 0 Å². The van der Waals surface area contributed by atoms with Crippen molar-refractivity contribution < 1.29 is 13.8 Å². The average molecular weight is 353 g/mol. The molecule has 6 nitrogen and oxygen atoms in total. The molecule has 0 aliphatic carbocycles. The van der Waals surface area contributed by atoms with E-state index >= 15 is 0 Å². The molecule has 1 saturated heterocycles. The highest BCUT2D eigenvalue weighted by Gasteiger charge is 2.28. The van der Waals surface area contributed by atoms with Gasteiger partial charge in [0, 0.05) is 17.4 Å². The molecular weight excluding hydrogens is 328 g/mol. The molecule has 4 rings (SSSR count). The molecule has 2 aromatic heterocycles. The van der Waals surface area contributed by atoms with Gasteiger partial charge in [-0.3, -0.25) is 0 Å². The maximum absolute atomic E-state index is 6.00. The Bertz CT molecular complexity index is 861. The molecule has 1 unspecified atom stereocenters. The minimum atomic E-state index is 0.482. The van der Waals surface area contributed by atoms with Crippen molar-refractivity contribution in [3.05, 3.63) is 42.0 Å². The summed E-state index contributed by atoms with van der Waals surface area (Å²) in [5, 5.41) is 12.8. The molecule has 0 bridgehead atoms. The minimum Gasteiger partial charge on any atom is -0.415 e. The standard InChI is InChI=1S/C20H24N4O2/c1-13-9-14(2)11-24(10-13)12-17-21-22-20(25-17)18-15(3)26-23-19(18)16-7-5-4-6-8-16/h4-8,13-14H,9-12H2,1-3H3/p+1/t13-,14+. The first kappa shape index (κ1) is 17.0. The van der Waals surface area contributed by atoms with E-state index in [0.717, 1.165) is 48.3 Å². The van der Waals surface area contributed by atoms with E-state index in [4.69, 9.17) is 8.94 Å². The summed E-state index contributed by atoms with van der Waals surface area (Å²) in [6, 6.07) is 9.93. The number of likely N-dealkylation sites (tertiary alicyclic amines) is 1. The molecule has 0 saturated carbocycles. The predicted octanol–water partition coefficient (Wildman–Crippen LogP) is 2.76. The van der Waals surface area contributed by atoms with E-state index in [2.05, 4.69) is 29.2 Å². The Labute approximate surface area is 153 Å². The number of piperidine rings is 1. The van der Waals surface area contributed by atoms with E-state index in [9.17, 15) is 0 Å². The first-order valence-corrected chi connectivity index (χ1v) is 9.28. The van der Waals surface area contributed by atoms with E-state index in [1.165, 1.54) is 11.3 Å². The van der Waals surface area contributed by atoms with Crippen LogP contribution in [0.25, 0.3) is 22.7 Å². The Morgan fingerprint density at radius 1 is 1.08 bits per heavy atom. The number of hydrogen-bond acceptors (Lipinski definition) is 5. The lowest BCUT2D eigenvalue weighted by Gasteiger charge is -2.30. The van der Waals surface area contributed by atoms with Crippen LogP contribution >= 0.6 is 0 Å². The summed E-state index contributed by atoms with van der Waals surface area (Å²) in [5.41, 5.74) is 2.50. The van der Waals surface area contributed by atoms with Crippen LogP contribution in [-0.2, 0) is 6.54 Å². The summed E-state index contributed by atoms with van der Waals surface area (Å²) in [4.78, 5) is 1.51. The van der Waals surface area contributed by atoms with Crippen molar-refractivity contribution >= 4 is 0 Å². The average Bonchev–Trinajstić information content (AvgIpc) is 3.21. The molecular formula is C20H25N4O2+. The third kappa shape index (κ3) is 3.42. The number of quaternary nitrogens is 1. The lowest BCUT2D eigenvalue weighted by atomic mass is 9.92. The lowest BCUT2D eigenvalue weighted by molar-refractivity contribution is -0.926. The van der Waals surface area contributed by atoms with Gasteiger partial charge in [-0.15, -0.1) is 10.2 Å².